The van der Waals surface area contributed by atoms with Crippen molar-refractivity contribution in [2.45, 2.75) is 32.8 Å². The molecule has 2 saturated heterocycles. The van der Waals surface area contributed by atoms with Gasteiger partial charge in [-0.05, 0) is 74.8 Å². The molecule has 0 aliphatic carbocycles. The lowest BCUT2D eigenvalue weighted by molar-refractivity contribution is -0.123. The third kappa shape index (κ3) is 6.37. The molecule has 2 amide bonds. The molecule has 2 aromatic carbocycles. The van der Waals surface area contributed by atoms with Crippen LogP contribution in [0.1, 0.15) is 30.9 Å². The van der Waals surface area contributed by atoms with E-state index in [4.69, 9.17) is 26.4 Å². The maximum absolute atomic E-state index is 12.9. The third-order valence-electron chi connectivity index (χ3n) is 5.65. The van der Waals surface area contributed by atoms with Crippen LogP contribution in [-0.4, -0.2) is 54.3 Å². The fourth-order valence-corrected chi connectivity index (χ4v) is 4.14. The zero-order valence-electron chi connectivity index (χ0n) is 19.8. The Labute approximate surface area is 210 Å². The van der Waals surface area contributed by atoms with Crippen molar-refractivity contribution < 1.29 is 23.8 Å². The van der Waals surface area contributed by atoms with E-state index in [2.05, 4.69) is 10.6 Å². The summed E-state index contributed by atoms with van der Waals surface area (Å²) in [6.07, 6.45) is 3.66. The number of benzene rings is 2. The molecule has 0 saturated carbocycles. The lowest BCUT2D eigenvalue weighted by Crippen LogP contribution is -2.37. The molecule has 0 bridgehead atoms. The number of ether oxygens (including phenoxy) is 3. The van der Waals surface area contributed by atoms with Crippen LogP contribution in [0.3, 0.4) is 0 Å². The minimum atomic E-state index is -0.275. The van der Waals surface area contributed by atoms with Crippen LogP contribution in [0.25, 0.3) is 6.08 Å². The highest BCUT2D eigenvalue weighted by Gasteiger charge is 2.33. The van der Waals surface area contributed by atoms with Gasteiger partial charge in [-0.25, -0.2) is 0 Å². The van der Waals surface area contributed by atoms with Crippen molar-refractivity contribution in [3.05, 3.63) is 59.3 Å². The van der Waals surface area contributed by atoms with Crippen LogP contribution in [0.2, 0.25) is 0 Å². The molecule has 9 heteroatoms. The first-order valence-electron chi connectivity index (χ1n) is 11.6. The third-order valence-corrected chi connectivity index (χ3v) is 5.97. The molecular formula is C26H29N3O5S. The maximum Gasteiger partial charge on any atom is 0.276 e. The largest absolute Gasteiger partial charge is 0.490 e. The topological polar surface area (TPSA) is 89.1 Å². The van der Waals surface area contributed by atoms with Crippen molar-refractivity contribution in [3.63, 3.8) is 0 Å². The van der Waals surface area contributed by atoms with Gasteiger partial charge in [0.1, 0.15) is 5.70 Å². The van der Waals surface area contributed by atoms with Crippen LogP contribution in [0.15, 0.2) is 48.2 Å². The van der Waals surface area contributed by atoms with Gasteiger partial charge in [-0.15, -0.1) is 0 Å². The molecule has 1 atom stereocenters. The quantitative estimate of drug-likeness (QED) is 0.406. The summed E-state index contributed by atoms with van der Waals surface area (Å²) in [4.78, 5) is 26.7. The van der Waals surface area contributed by atoms with E-state index in [-0.39, 0.29) is 24.5 Å². The predicted octanol–water partition coefficient (Wildman–Crippen LogP) is 3.65. The number of rotatable bonds is 9. The molecule has 2 aliphatic rings. The van der Waals surface area contributed by atoms with Gasteiger partial charge < -0.3 is 24.8 Å². The van der Waals surface area contributed by atoms with Crippen molar-refractivity contribution >= 4 is 40.9 Å². The van der Waals surface area contributed by atoms with Gasteiger partial charge in [0, 0.05) is 12.3 Å². The highest BCUT2D eigenvalue weighted by molar-refractivity contribution is 7.80. The monoisotopic (exact) mass is 495 g/mol. The summed E-state index contributed by atoms with van der Waals surface area (Å²) < 4.78 is 17.1. The maximum atomic E-state index is 12.9. The number of anilines is 1. The average Bonchev–Trinajstić information content (AvgIpc) is 3.44. The standard InChI is InChI=1S/C26H29N3O5S/c1-3-32-23-14-18(13-21-25(31)29(26(35)28-21)15-20-5-4-12-33-20)8-11-22(23)34-16-24(30)27-19-9-6-17(2)7-10-19/h6-11,13-14,20H,3-5,12,15-16H2,1-2H3,(H,27,30)(H,28,35)/b21-13+. The number of carbonyl (C=O) groups excluding carboxylic acids is 2. The van der Waals surface area contributed by atoms with Crippen LogP contribution >= 0.6 is 12.2 Å². The van der Waals surface area contributed by atoms with E-state index in [0.717, 1.165) is 30.6 Å². The molecule has 2 aliphatic heterocycles. The number of hydrogen-bond donors (Lipinski definition) is 2. The van der Waals surface area contributed by atoms with E-state index in [0.29, 0.717) is 41.1 Å². The van der Waals surface area contributed by atoms with E-state index in [1.807, 2.05) is 38.1 Å². The van der Waals surface area contributed by atoms with Crippen molar-refractivity contribution in [1.82, 2.24) is 10.2 Å². The summed E-state index contributed by atoms with van der Waals surface area (Å²) in [6.45, 7) is 5.27. The van der Waals surface area contributed by atoms with Gasteiger partial charge in [0.15, 0.2) is 23.2 Å². The van der Waals surface area contributed by atoms with E-state index < -0.39 is 0 Å². The molecule has 8 nitrogen and oxygen atoms in total. The molecule has 2 N–H and O–H groups in total. The smallest absolute Gasteiger partial charge is 0.276 e. The number of aryl methyl sites for hydroxylation is 1. The number of amides is 2. The number of thiocarbonyl (C=S) groups is 1. The molecule has 0 aromatic heterocycles. The van der Waals surface area contributed by atoms with Crippen molar-refractivity contribution in [2.75, 3.05) is 31.7 Å². The molecule has 0 radical (unpaired) electrons. The first-order chi connectivity index (χ1) is 16.9. The summed E-state index contributed by atoms with van der Waals surface area (Å²) in [7, 11) is 0. The zero-order chi connectivity index (χ0) is 24.8. The Morgan fingerprint density at radius 2 is 2.03 bits per heavy atom. The van der Waals surface area contributed by atoms with Gasteiger partial charge in [0.2, 0.25) is 0 Å². The summed E-state index contributed by atoms with van der Waals surface area (Å²) >= 11 is 5.36. The van der Waals surface area contributed by atoms with Gasteiger partial charge in [0.25, 0.3) is 11.8 Å². The van der Waals surface area contributed by atoms with Gasteiger partial charge in [0.05, 0.1) is 19.3 Å². The number of nitrogens with one attached hydrogen (secondary N) is 2. The molecule has 2 aromatic rings. The van der Waals surface area contributed by atoms with Gasteiger partial charge in [-0.1, -0.05) is 23.8 Å². The van der Waals surface area contributed by atoms with Crippen LogP contribution < -0.4 is 20.1 Å². The molecule has 35 heavy (non-hydrogen) atoms. The Bertz CT molecular complexity index is 1130. The van der Waals surface area contributed by atoms with E-state index in [1.165, 1.54) is 0 Å². The van der Waals surface area contributed by atoms with Crippen molar-refractivity contribution in [2.24, 2.45) is 0 Å². The van der Waals surface area contributed by atoms with Crippen LogP contribution in [0.4, 0.5) is 5.69 Å². The average molecular weight is 496 g/mol. The highest BCUT2D eigenvalue weighted by Crippen LogP contribution is 2.30. The first kappa shape index (κ1) is 24.7. The summed E-state index contributed by atoms with van der Waals surface area (Å²) in [6, 6.07) is 12.8. The van der Waals surface area contributed by atoms with Crippen LogP contribution in [0, 0.1) is 6.92 Å². The minimum absolute atomic E-state index is 0.0160. The summed E-state index contributed by atoms with van der Waals surface area (Å²) in [5.41, 5.74) is 2.95. The Hall–Kier alpha value is -3.43. The van der Waals surface area contributed by atoms with Crippen LogP contribution in [0.5, 0.6) is 11.5 Å². The highest BCUT2D eigenvalue weighted by atomic mass is 32.1. The second kappa shape index (κ2) is 11.3. The second-order valence-electron chi connectivity index (χ2n) is 8.38. The lowest BCUT2D eigenvalue weighted by atomic mass is 10.1. The normalized spacial score (nSPS) is 18.6. The van der Waals surface area contributed by atoms with Gasteiger partial charge >= 0.3 is 0 Å². The van der Waals surface area contributed by atoms with E-state index >= 15 is 0 Å². The molecule has 2 heterocycles. The van der Waals surface area contributed by atoms with Gasteiger partial charge in [-0.3, -0.25) is 14.5 Å². The molecular weight excluding hydrogens is 466 g/mol. The van der Waals surface area contributed by atoms with E-state index in [9.17, 15) is 9.59 Å². The molecule has 1 unspecified atom stereocenters. The lowest BCUT2D eigenvalue weighted by Gasteiger charge is -2.18. The molecule has 4 rings (SSSR count). The first-order valence-corrected chi connectivity index (χ1v) is 12.1. The van der Waals surface area contributed by atoms with Crippen molar-refractivity contribution in [1.29, 1.82) is 0 Å². The minimum Gasteiger partial charge on any atom is -0.490 e. The Morgan fingerprint density at radius 3 is 2.74 bits per heavy atom. The number of hydrogen-bond acceptors (Lipinski definition) is 6. The molecule has 2 fully saturated rings. The van der Waals surface area contributed by atoms with Crippen LogP contribution in [-0.2, 0) is 14.3 Å². The fourth-order valence-electron chi connectivity index (χ4n) is 3.88. The Morgan fingerprint density at radius 1 is 1.23 bits per heavy atom. The zero-order valence-corrected chi connectivity index (χ0v) is 20.7. The Balaban J connectivity index is 1.41. The number of nitrogens with zero attached hydrogens (tertiary/aromatic N) is 1. The van der Waals surface area contributed by atoms with Crippen molar-refractivity contribution in [3.8, 4) is 11.5 Å². The second-order valence-corrected chi connectivity index (χ2v) is 8.77. The summed E-state index contributed by atoms with van der Waals surface area (Å²) in [5, 5.41) is 6.18. The fraction of sp³-hybridized carbons (Fsp3) is 0.346. The number of carbonyl (C=O) groups is 2. The molecule has 0 spiro atoms. The summed E-state index contributed by atoms with van der Waals surface area (Å²) in [5.74, 6) is 0.461. The van der Waals surface area contributed by atoms with E-state index in [1.54, 1.807) is 29.2 Å². The molecule has 184 valence electrons. The van der Waals surface area contributed by atoms with Gasteiger partial charge in [-0.2, -0.15) is 0 Å². The Kier molecular flexibility index (Phi) is 7.99. The SMILES string of the molecule is CCOc1cc(/C=C2/NC(=S)N(CC3CCCO3)C2=O)ccc1OCC(=O)Nc1ccc(C)cc1. The predicted molar refractivity (Wildman–Crippen MR) is 137 cm³/mol.